The standard InChI is InChI=1S/C21H28N4O2S/c1-5-11-24(12-6-2)17-9-13-25(14-10-17)21-22-16(3)19-8-7-18(28(4,26)27)15-20(19)23-21/h5-8,15,17H,1-2,9-14H2,3-4H3. The summed E-state index contributed by atoms with van der Waals surface area (Å²) in [5, 5.41) is 0.883. The number of benzene rings is 1. The topological polar surface area (TPSA) is 66.4 Å². The second-order valence-corrected chi connectivity index (χ2v) is 9.33. The van der Waals surface area contributed by atoms with Crippen LogP contribution in [0.15, 0.2) is 48.4 Å². The van der Waals surface area contributed by atoms with Crippen molar-refractivity contribution in [3.8, 4) is 0 Å². The van der Waals surface area contributed by atoms with Crippen LogP contribution in [0, 0.1) is 6.92 Å². The zero-order valence-electron chi connectivity index (χ0n) is 16.6. The van der Waals surface area contributed by atoms with Crippen LogP contribution >= 0.6 is 0 Å². The summed E-state index contributed by atoms with van der Waals surface area (Å²) in [5.41, 5.74) is 1.54. The summed E-state index contributed by atoms with van der Waals surface area (Å²) in [6, 6.07) is 5.54. The fraction of sp³-hybridized carbons (Fsp3) is 0.429. The van der Waals surface area contributed by atoms with Gasteiger partial charge < -0.3 is 4.90 Å². The maximum Gasteiger partial charge on any atom is 0.226 e. The minimum Gasteiger partial charge on any atom is -0.341 e. The van der Waals surface area contributed by atoms with Crippen molar-refractivity contribution in [1.82, 2.24) is 14.9 Å². The highest BCUT2D eigenvalue weighted by Crippen LogP contribution is 2.25. The molecule has 1 aromatic heterocycles. The van der Waals surface area contributed by atoms with Crippen LogP contribution in [0.4, 0.5) is 5.95 Å². The Kier molecular flexibility index (Phi) is 6.15. The van der Waals surface area contributed by atoms with Crippen LogP contribution in [0.25, 0.3) is 10.9 Å². The Morgan fingerprint density at radius 2 is 1.82 bits per heavy atom. The smallest absolute Gasteiger partial charge is 0.226 e. The zero-order valence-corrected chi connectivity index (χ0v) is 17.5. The van der Waals surface area contributed by atoms with E-state index < -0.39 is 9.84 Å². The van der Waals surface area contributed by atoms with E-state index in [0.717, 1.165) is 50.1 Å². The summed E-state index contributed by atoms with van der Waals surface area (Å²) in [7, 11) is -3.27. The van der Waals surface area contributed by atoms with Crippen LogP contribution in [-0.4, -0.2) is 61.8 Å². The third-order valence-corrected chi connectivity index (χ3v) is 6.38. The van der Waals surface area contributed by atoms with Gasteiger partial charge in [0.1, 0.15) is 0 Å². The number of sulfone groups is 1. The van der Waals surface area contributed by atoms with Crippen molar-refractivity contribution in [3.05, 3.63) is 49.2 Å². The molecule has 0 spiro atoms. The SMILES string of the molecule is C=CCN(CC=C)C1CCN(c2nc(C)c3ccc(S(C)(=O)=O)cc3n2)CC1. The van der Waals surface area contributed by atoms with Gasteiger partial charge in [-0.05, 0) is 38.0 Å². The number of piperidine rings is 1. The molecule has 0 bridgehead atoms. The van der Waals surface area contributed by atoms with Crippen molar-refractivity contribution in [2.75, 3.05) is 37.3 Å². The first-order valence-electron chi connectivity index (χ1n) is 9.52. The van der Waals surface area contributed by atoms with Gasteiger partial charge in [-0.2, -0.15) is 0 Å². The first-order valence-corrected chi connectivity index (χ1v) is 11.4. The monoisotopic (exact) mass is 400 g/mol. The predicted molar refractivity (Wildman–Crippen MR) is 115 cm³/mol. The number of aryl methyl sites for hydroxylation is 1. The number of anilines is 1. The number of nitrogens with zero attached hydrogens (tertiary/aromatic N) is 4. The van der Waals surface area contributed by atoms with Crippen molar-refractivity contribution < 1.29 is 8.42 Å². The summed E-state index contributed by atoms with van der Waals surface area (Å²) in [6.07, 6.45) is 7.12. The van der Waals surface area contributed by atoms with Gasteiger partial charge in [0.05, 0.1) is 16.1 Å². The molecule has 1 aliphatic rings. The normalized spacial score (nSPS) is 15.9. The molecule has 3 rings (SSSR count). The second-order valence-electron chi connectivity index (χ2n) is 7.31. The highest BCUT2D eigenvalue weighted by molar-refractivity contribution is 7.90. The molecule has 0 radical (unpaired) electrons. The number of hydrogen-bond donors (Lipinski definition) is 0. The summed E-state index contributed by atoms with van der Waals surface area (Å²) >= 11 is 0. The third-order valence-electron chi connectivity index (χ3n) is 5.27. The van der Waals surface area contributed by atoms with Crippen molar-refractivity contribution in [1.29, 1.82) is 0 Å². The maximum atomic E-state index is 11.9. The molecule has 150 valence electrons. The van der Waals surface area contributed by atoms with Crippen LogP contribution in [0.2, 0.25) is 0 Å². The largest absolute Gasteiger partial charge is 0.341 e. The molecule has 1 saturated heterocycles. The van der Waals surface area contributed by atoms with Crippen molar-refractivity contribution >= 4 is 26.7 Å². The van der Waals surface area contributed by atoms with E-state index in [4.69, 9.17) is 0 Å². The maximum absolute atomic E-state index is 11.9. The molecule has 6 nitrogen and oxygen atoms in total. The molecule has 2 heterocycles. The Morgan fingerprint density at radius 1 is 1.18 bits per heavy atom. The molecule has 0 unspecified atom stereocenters. The zero-order chi connectivity index (χ0) is 20.3. The second kappa shape index (κ2) is 8.41. The van der Waals surface area contributed by atoms with Gasteiger partial charge in [-0.1, -0.05) is 12.2 Å². The number of hydrogen-bond acceptors (Lipinski definition) is 6. The lowest BCUT2D eigenvalue weighted by molar-refractivity contribution is 0.205. The molecule has 1 aliphatic heterocycles. The third kappa shape index (κ3) is 4.42. The fourth-order valence-electron chi connectivity index (χ4n) is 3.76. The Labute approximate surface area is 167 Å². The number of rotatable bonds is 7. The van der Waals surface area contributed by atoms with E-state index in [-0.39, 0.29) is 4.90 Å². The lowest BCUT2D eigenvalue weighted by Crippen LogP contribution is -2.45. The van der Waals surface area contributed by atoms with E-state index >= 15 is 0 Å². The molecule has 7 heteroatoms. The molecule has 0 amide bonds. The molecule has 1 aromatic carbocycles. The van der Waals surface area contributed by atoms with Crippen molar-refractivity contribution in [3.63, 3.8) is 0 Å². The molecular weight excluding hydrogens is 372 g/mol. The van der Waals surface area contributed by atoms with Gasteiger partial charge >= 0.3 is 0 Å². The van der Waals surface area contributed by atoms with Crippen LogP contribution in [0.1, 0.15) is 18.5 Å². The lowest BCUT2D eigenvalue weighted by atomic mass is 10.0. The Hall–Kier alpha value is -2.25. The van der Waals surface area contributed by atoms with E-state index in [2.05, 4.69) is 32.9 Å². The Bertz CT molecular complexity index is 969. The summed E-state index contributed by atoms with van der Waals surface area (Å²) < 4.78 is 23.8. The van der Waals surface area contributed by atoms with Crippen LogP contribution in [0.5, 0.6) is 0 Å². The van der Waals surface area contributed by atoms with Gasteiger partial charge in [0.15, 0.2) is 9.84 Å². The molecule has 0 aliphatic carbocycles. The van der Waals surface area contributed by atoms with Gasteiger partial charge in [-0.3, -0.25) is 4.90 Å². The minimum absolute atomic E-state index is 0.284. The van der Waals surface area contributed by atoms with Gasteiger partial charge in [0.25, 0.3) is 0 Å². The van der Waals surface area contributed by atoms with Gasteiger partial charge in [0, 0.05) is 43.9 Å². The quantitative estimate of drug-likeness (QED) is 0.666. The van der Waals surface area contributed by atoms with Crippen molar-refractivity contribution in [2.24, 2.45) is 0 Å². The van der Waals surface area contributed by atoms with E-state index in [1.165, 1.54) is 6.26 Å². The first kappa shape index (κ1) is 20.5. The summed E-state index contributed by atoms with van der Waals surface area (Å²) in [4.78, 5) is 14.2. The first-order chi connectivity index (χ1) is 13.3. The van der Waals surface area contributed by atoms with Crippen LogP contribution in [-0.2, 0) is 9.84 Å². The number of fused-ring (bicyclic) bond motifs is 1. The Balaban J connectivity index is 1.82. The van der Waals surface area contributed by atoms with Crippen molar-refractivity contribution in [2.45, 2.75) is 30.7 Å². The molecule has 0 saturated carbocycles. The van der Waals surface area contributed by atoms with E-state index in [0.29, 0.717) is 17.5 Å². The molecule has 0 atom stereocenters. The van der Waals surface area contributed by atoms with Gasteiger partial charge in [-0.15, -0.1) is 13.2 Å². The summed E-state index contributed by atoms with van der Waals surface area (Å²) in [6.45, 7) is 13.1. The average molecular weight is 401 g/mol. The molecule has 0 N–H and O–H groups in total. The van der Waals surface area contributed by atoms with E-state index in [9.17, 15) is 8.42 Å². The highest BCUT2D eigenvalue weighted by Gasteiger charge is 2.25. The van der Waals surface area contributed by atoms with Gasteiger partial charge in [0.2, 0.25) is 5.95 Å². The molecular formula is C21H28N4O2S. The highest BCUT2D eigenvalue weighted by atomic mass is 32.2. The molecule has 28 heavy (non-hydrogen) atoms. The Morgan fingerprint density at radius 3 is 2.39 bits per heavy atom. The minimum atomic E-state index is -3.27. The lowest BCUT2D eigenvalue weighted by Gasteiger charge is -2.37. The summed E-state index contributed by atoms with van der Waals surface area (Å²) in [5.74, 6) is 0.674. The van der Waals surface area contributed by atoms with Crippen LogP contribution < -0.4 is 4.90 Å². The van der Waals surface area contributed by atoms with E-state index in [1.54, 1.807) is 18.2 Å². The average Bonchev–Trinajstić information content (AvgIpc) is 2.67. The predicted octanol–water partition coefficient (Wildman–Crippen LogP) is 2.98. The van der Waals surface area contributed by atoms with E-state index in [1.807, 2.05) is 19.1 Å². The fourth-order valence-corrected chi connectivity index (χ4v) is 4.40. The van der Waals surface area contributed by atoms with Crippen LogP contribution in [0.3, 0.4) is 0 Å². The number of aromatic nitrogens is 2. The molecule has 1 fully saturated rings. The van der Waals surface area contributed by atoms with Gasteiger partial charge in [-0.25, -0.2) is 18.4 Å². The molecule has 2 aromatic rings.